The van der Waals surface area contributed by atoms with Gasteiger partial charge < -0.3 is 20.1 Å². The summed E-state index contributed by atoms with van der Waals surface area (Å²) in [5, 5.41) is 5.57. The van der Waals surface area contributed by atoms with Gasteiger partial charge in [0.15, 0.2) is 0 Å². The van der Waals surface area contributed by atoms with E-state index in [1.807, 2.05) is 35.9 Å². The third kappa shape index (κ3) is 4.59. The van der Waals surface area contributed by atoms with Gasteiger partial charge in [0, 0.05) is 38.1 Å². The molecule has 3 amide bonds. The average molecular weight is 341 g/mol. The number of fused-ring (bicyclic) bond motifs is 1. The molecular weight excluding hydrogens is 318 g/mol. The van der Waals surface area contributed by atoms with Gasteiger partial charge in [-0.2, -0.15) is 0 Å². The van der Waals surface area contributed by atoms with Crippen LogP contribution in [0.3, 0.4) is 0 Å². The number of hydrogen-bond donors (Lipinski definition) is 2. The van der Waals surface area contributed by atoms with Crippen molar-refractivity contribution in [2.75, 3.05) is 13.1 Å². The molecule has 0 saturated heterocycles. The largest absolute Gasteiger partial charge is 0.350 e. The highest BCUT2D eigenvalue weighted by atomic mass is 16.2. The van der Waals surface area contributed by atoms with Crippen LogP contribution in [0.1, 0.15) is 18.1 Å². The molecule has 1 atom stereocenters. The van der Waals surface area contributed by atoms with Crippen LogP contribution < -0.4 is 10.6 Å². The number of imidazole rings is 1. The maximum Gasteiger partial charge on any atom is 0.318 e. The minimum Gasteiger partial charge on any atom is -0.350 e. The van der Waals surface area contributed by atoms with Gasteiger partial charge >= 0.3 is 6.03 Å². The van der Waals surface area contributed by atoms with Crippen LogP contribution in [-0.4, -0.2) is 45.5 Å². The molecule has 1 aromatic heterocycles. The first-order valence-electron chi connectivity index (χ1n) is 8.46. The maximum absolute atomic E-state index is 12.3. The molecule has 25 heavy (non-hydrogen) atoms. The molecule has 0 saturated carbocycles. The van der Waals surface area contributed by atoms with Gasteiger partial charge in [-0.1, -0.05) is 24.3 Å². The summed E-state index contributed by atoms with van der Waals surface area (Å²) in [4.78, 5) is 30.0. The third-order valence-electron chi connectivity index (χ3n) is 4.27. The number of urea groups is 1. The van der Waals surface area contributed by atoms with Crippen molar-refractivity contribution in [2.24, 2.45) is 0 Å². The van der Waals surface area contributed by atoms with Gasteiger partial charge in [0.05, 0.1) is 12.9 Å². The summed E-state index contributed by atoms with van der Waals surface area (Å²) in [6.45, 7) is 3.79. The lowest BCUT2D eigenvalue weighted by Gasteiger charge is -2.29. The van der Waals surface area contributed by atoms with E-state index in [1.165, 1.54) is 11.1 Å². The Labute approximate surface area is 147 Å². The van der Waals surface area contributed by atoms with Gasteiger partial charge in [-0.05, 0) is 24.5 Å². The van der Waals surface area contributed by atoms with E-state index in [0.717, 1.165) is 6.42 Å². The highest BCUT2D eigenvalue weighted by Gasteiger charge is 2.20. The van der Waals surface area contributed by atoms with Gasteiger partial charge in [0.25, 0.3) is 0 Å². The first-order chi connectivity index (χ1) is 12.1. The van der Waals surface area contributed by atoms with Crippen molar-refractivity contribution in [1.29, 1.82) is 0 Å². The smallest absolute Gasteiger partial charge is 0.318 e. The van der Waals surface area contributed by atoms with E-state index in [0.29, 0.717) is 19.6 Å². The quantitative estimate of drug-likeness (QED) is 0.856. The monoisotopic (exact) mass is 341 g/mol. The Hall–Kier alpha value is -2.83. The van der Waals surface area contributed by atoms with Crippen LogP contribution in [0.25, 0.3) is 0 Å². The zero-order valence-corrected chi connectivity index (χ0v) is 14.3. The number of benzene rings is 1. The lowest BCUT2D eigenvalue weighted by Crippen LogP contribution is -2.47. The third-order valence-corrected chi connectivity index (χ3v) is 4.27. The summed E-state index contributed by atoms with van der Waals surface area (Å²) in [6, 6.07) is 7.89. The number of rotatable bonds is 5. The average Bonchev–Trinajstić information content (AvgIpc) is 3.12. The number of nitrogens with zero attached hydrogens (tertiary/aromatic N) is 3. The molecule has 1 aromatic carbocycles. The molecule has 0 aliphatic carbocycles. The SMILES string of the molecule is C[C@@H](Cn1ccnc1)NC(=O)CNC(=O)N1CCc2ccccc2C1. The summed E-state index contributed by atoms with van der Waals surface area (Å²) in [5.41, 5.74) is 2.46. The molecule has 132 valence electrons. The Balaban J connectivity index is 1.42. The predicted molar refractivity (Wildman–Crippen MR) is 93.8 cm³/mol. The van der Waals surface area contributed by atoms with E-state index >= 15 is 0 Å². The van der Waals surface area contributed by atoms with Crippen LogP contribution in [0, 0.1) is 0 Å². The summed E-state index contributed by atoms with van der Waals surface area (Å²) >= 11 is 0. The number of carbonyl (C=O) groups excluding carboxylic acids is 2. The molecule has 0 spiro atoms. The number of hydrogen-bond acceptors (Lipinski definition) is 3. The zero-order chi connectivity index (χ0) is 17.6. The first-order valence-corrected chi connectivity index (χ1v) is 8.46. The molecule has 7 nitrogen and oxygen atoms in total. The van der Waals surface area contributed by atoms with Crippen LogP contribution in [-0.2, 0) is 24.3 Å². The molecule has 2 N–H and O–H groups in total. The normalized spacial score (nSPS) is 14.5. The van der Waals surface area contributed by atoms with E-state index in [9.17, 15) is 9.59 Å². The van der Waals surface area contributed by atoms with Crippen molar-refractivity contribution in [2.45, 2.75) is 32.5 Å². The van der Waals surface area contributed by atoms with Crippen molar-refractivity contribution in [3.63, 3.8) is 0 Å². The number of aromatic nitrogens is 2. The lowest BCUT2D eigenvalue weighted by molar-refractivity contribution is -0.120. The van der Waals surface area contributed by atoms with E-state index in [-0.39, 0.29) is 24.5 Å². The second-order valence-corrected chi connectivity index (χ2v) is 6.33. The highest BCUT2D eigenvalue weighted by molar-refractivity contribution is 5.84. The summed E-state index contributed by atoms with van der Waals surface area (Å²) in [5.74, 6) is -0.196. The predicted octanol–water partition coefficient (Wildman–Crippen LogP) is 1.16. The van der Waals surface area contributed by atoms with Crippen molar-refractivity contribution >= 4 is 11.9 Å². The molecule has 0 bridgehead atoms. The van der Waals surface area contributed by atoms with Gasteiger partial charge in [0.1, 0.15) is 0 Å². The van der Waals surface area contributed by atoms with E-state index in [4.69, 9.17) is 0 Å². The fourth-order valence-corrected chi connectivity index (χ4v) is 3.02. The molecular formula is C18H23N5O2. The van der Waals surface area contributed by atoms with E-state index in [1.54, 1.807) is 17.4 Å². The molecule has 0 radical (unpaired) electrons. The Bertz CT molecular complexity index is 729. The fraction of sp³-hybridized carbons (Fsp3) is 0.389. The standard InChI is InChI=1S/C18H23N5O2/c1-14(11-22-9-7-19-13-22)21-17(24)10-20-18(25)23-8-6-15-4-2-3-5-16(15)12-23/h2-5,7,9,13-14H,6,8,10-12H2,1H3,(H,20,25)(H,21,24)/t14-/m0/s1. The van der Waals surface area contributed by atoms with Crippen LogP contribution in [0.2, 0.25) is 0 Å². The Morgan fingerprint density at radius 2 is 2.08 bits per heavy atom. The molecule has 0 fully saturated rings. The number of nitrogens with one attached hydrogen (secondary N) is 2. The number of amides is 3. The van der Waals surface area contributed by atoms with Crippen LogP contribution >= 0.6 is 0 Å². The maximum atomic E-state index is 12.3. The molecule has 1 aliphatic heterocycles. The first kappa shape index (κ1) is 17.0. The number of carbonyl (C=O) groups is 2. The summed E-state index contributed by atoms with van der Waals surface area (Å²) in [7, 11) is 0. The van der Waals surface area contributed by atoms with Crippen molar-refractivity contribution < 1.29 is 9.59 Å². The van der Waals surface area contributed by atoms with Gasteiger partial charge in [-0.3, -0.25) is 4.79 Å². The van der Waals surface area contributed by atoms with Gasteiger partial charge in [-0.25, -0.2) is 9.78 Å². The topological polar surface area (TPSA) is 79.3 Å². The fourth-order valence-electron chi connectivity index (χ4n) is 3.02. The van der Waals surface area contributed by atoms with E-state index < -0.39 is 0 Å². The molecule has 0 unspecified atom stereocenters. The second-order valence-electron chi connectivity index (χ2n) is 6.33. The van der Waals surface area contributed by atoms with Crippen molar-refractivity contribution in [1.82, 2.24) is 25.1 Å². The lowest BCUT2D eigenvalue weighted by atomic mass is 10.0. The Kier molecular flexibility index (Phi) is 5.33. The highest BCUT2D eigenvalue weighted by Crippen LogP contribution is 2.18. The molecule has 7 heteroatoms. The van der Waals surface area contributed by atoms with Crippen molar-refractivity contribution in [3.05, 3.63) is 54.1 Å². The summed E-state index contributed by atoms with van der Waals surface area (Å²) < 4.78 is 1.90. The van der Waals surface area contributed by atoms with Gasteiger partial charge in [0.2, 0.25) is 5.91 Å². The van der Waals surface area contributed by atoms with Crippen LogP contribution in [0.5, 0.6) is 0 Å². The van der Waals surface area contributed by atoms with Crippen LogP contribution in [0.15, 0.2) is 43.0 Å². The minimum absolute atomic E-state index is 0.0226. The minimum atomic E-state index is -0.202. The van der Waals surface area contributed by atoms with Crippen molar-refractivity contribution in [3.8, 4) is 0 Å². The Morgan fingerprint density at radius 1 is 1.28 bits per heavy atom. The van der Waals surface area contributed by atoms with Crippen LogP contribution in [0.4, 0.5) is 4.79 Å². The Morgan fingerprint density at radius 3 is 2.84 bits per heavy atom. The molecule has 1 aliphatic rings. The molecule has 2 heterocycles. The van der Waals surface area contributed by atoms with Gasteiger partial charge in [-0.15, -0.1) is 0 Å². The molecule has 3 rings (SSSR count). The molecule has 2 aromatic rings. The second kappa shape index (κ2) is 7.83. The van der Waals surface area contributed by atoms with E-state index in [2.05, 4.69) is 21.7 Å². The zero-order valence-electron chi connectivity index (χ0n) is 14.3. The summed E-state index contributed by atoms with van der Waals surface area (Å²) in [6.07, 6.45) is 6.10.